The lowest BCUT2D eigenvalue weighted by molar-refractivity contribution is 0.917. The van der Waals surface area contributed by atoms with E-state index in [1.165, 1.54) is 0 Å². The summed E-state index contributed by atoms with van der Waals surface area (Å²) >= 11 is 0. The molecule has 1 radical (unpaired) electrons. The number of hydrogen-bond acceptors (Lipinski definition) is 2. The number of imidazole rings is 1. The van der Waals surface area contributed by atoms with E-state index in [-0.39, 0.29) is 0 Å². The fraction of sp³-hybridized carbons (Fsp3) is 0.111. The number of nitrogens with zero attached hydrogens (tertiary/aromatic N) is 3. The van der Waals surface area contributed by atoms with E-state index in [2.05, 4.69) is 16.0 Å². The predicted octanol–water partition coefficient (Wildman–Crippen LogP) is 1.28. The normalized spacial score (nSPS) is 10.1. The molecule has 0 aliphatic heterocycles. The Balaban J connectivity index is 2.51. The van der Waals surface area contributed by atoms with Gasteiger partial charge in [0.2, 0.25) is 0 Å². The van der Waals surface area contributed by atoms with Crippen LogP contribution in [0.5, 0.6) is 0 Å². The molecule has 0 fully saturated rings. The Bertz CT molecular complexity index is 364. The molecule has 0 aliphatic rings. The third kappa shape index (κ3) is 1.09. The molecular formula is C9H8N3. The molecule has 0 unspecified atom stereocenters. The highest BCUT2D eigenvalue weighted by Gasteiger charge is 2.02. The Morgan fingerprint density at radius 3 is 2.83 bits per heavy atom. The van der Waals surface area contributed by atoms with Gasteiger partial charge in [-0.05, 0) is 6.07 Å². The zero-order valence-electron chi connectivity index (χ0n) is 6.73. The molecule has 2 rings (SSSR count). The van der Waals surface area contributed by atoms with Crippen LogP contribution in [0.15, 0.2) is 30.7 Å². The fourth-order valence-corrected chi connectivity index (χ4v) is 1.04. The molecule has 0 aromatic carbocycles. The maximum absolute atomic E-state index is 4.16. The van der Waals surface area contributed by atoms with Gasteiger partial charge in [-0.15, -0.1) is 0 Å². The van der Waals surface area contributed by atoms with E-state index in [1.54, 1.807) is 12.4 Å². The summed E-state index contributed by atoms with van der Waals surface area (Å²) < 4.78 is 1.92. The van der Waals surface area contributed by atoms with Gasteiger partial charge in [0, 0.05) is 31.7 Å². The van der Waals surface area contributed by atoms with Gasteiger partial charge in [0.05, 0.1) is 0 Å². The molecule has 0 N–H and O–H groups in total. The fourth-order valence-electron chi connectivity index (χ4n) is 1.04. The summed E-state index contributed by atoms with van der Waals surface area (Å²) in [6.07, 6.45) is 5.37. The molecule has 2 aromatic rings. The van der Waals surface area contributed by atoms with Gasteiger partial charge < -0.3 is 4.57 Å². The van der Waals surface area contributed by atoms with Crippen LogP contribution in [-0.4, -0.2) is 14.5 Å². The van der Waals surface area contributed by atoms with Gasteiger partial charge in [0.15, 0.2) is 5.82 Å². The smallest absolute Gasteiger partial charge is 0.159 e. The molecule has 59 valence electrons. The van der Waals surface area contributed by atoms with Crippen molar-refractivity contribution >= 4 is 0 Å². The second kappa shape index (κ2) is 2.77. The highest BCUT2D eigenvalue weighted by atomic mass is 15.0. The second-order valence-corrected chi connectivity index (χ2v) is 2.49. The molecule has 3 heteroatoms. The van der Waals surface area contributed by atoms with Crippen molar-refractivity contribution in [1.82, 2.24) is 14.5 Å². The zero-order chi connectivity index (χ0) is 8.39. The SMILES string of the molecule is Cn1ccnc1-c1[c]cccn1. The first-order valence-electron chi connectivity index (χ1n) is 3.68. The molecule has 2 heterocycles. The van der Waals surface area contributed by atoms with Gasteiger partial charge >= 0.3 is 0 Å². The van der Waals surface area contributed by atoms with Crippen molar-refractivity contribution in [1.29, 1.82) is 0 Å². The minimum Gasteiger partial charge on any atom is -0.333 e. The maximum atomic E-state index is 4.16. The first-order chi connectivity index (χ1) is 5.88. The summed E-state index contributed by atoms with van der Waals surface area (Å²) in [5.41, 5.74) is 0.782. The molecule has 12 heavy (non-hydrogen) atoms. The van der Waals surface area contributed by atoms with Crippen molar-refractivity contribution in [2.24, 2.45) is 7.05 Å². The Hall–Kier alpha value is -1.64. The summed E-state index contributed by atoms with van der Waals surface area (Å²) in [5.74, 6) is 0.843. The summed E-state index contributed by atoms with van der Waals surface area (Å²) in [5, 5.41) is 0. The Labute approximate surface area is 70.7 Å². The molecule has 0 spiro atoms. The van der Waals surface area contributed by atoms with E-state index in [9.17, 15) is 0 Å². The number of aromatic nitrogens is 3. The highest BCUT2D eigenvalue weighted by Crippen LogP contribution is 2.10. The lowest BCUT2D eigenvalue weighted by atomic mass is 10.3. The highest BCUT2D eigenvalue weighted by molar-refractivity contribution is 5.47. The van der Waals surface area contributed by atoms with Crippen LogP contribution in [0.4, 0.5) is 0 Å². The minimum atomic E-state index is 0.782. The molecule has 0 aliphatic carbocycles. The van der Waals surface area contributed by atoms with Crippen LogP contribution in [-0.2, 0) is 7.05 Å². The van der Waals surface area contributed by atoms with Gasteiger partial charge in [-0.2, -0.15) is 0 Å². The molecule has 0 saturated heterocycles. The van der Waals surface area contributed by atoms with E-state index in [1.807, 2.05) is 29.9 Å². The Morgan fingerprint density at radius 1 is 1.33 bits per heavy atom. The van der Waals surface area contributed by atoms with Crippen LogP contribution in [0.1, 0.15) is 0 Å². The number of rotatable bonds is 1. The lowest BCUT2D eigenvalue weighted by Gasteiger charge is -1.97. The van der Waals surface area contributed by atoms with Gasteiger partial charge in [-0.1, -0.05) is 6.07 Å². The molecule has 0 bridgehead atoms. The van der Waals surface area contributed by atoms with E-state index in [0.29, 0.717) is 0 Å². The average Bonchev–Trinajstić information content (AvgIpc) is 2.53. The van der Waals surface area contributed by atoms with E-state index < -0.39 is 0 Å². The average molecular weight is 158 g/mol. The molecular weight excluding hydrogens is 150 g/mol. The predicted molar refractivity (Wildman–Crippen MR) is 45.3 cm³/mol. The lowest BCUT2D eigenvalue weighted by Crippen LogP contribution is -1.92. The Morgan fingerprint density at radius 2 is 2.25 bits per heavy atom. The molecule has 3 nitrogen and oxygen atoms in total. The van der Waals surface area contributed by atoms with Gasteiger partial charge in [0.1, 0.15) is 5.69 Å². The molecule has 2 aromatic heterocycles. The van der Waals surface area contributed by atoms with Crippen LogP contribution in [0.25, 0.3) is 11.5 Å². The van der Waals surface area contributed by atoms with Gasteiger partial charge in [-0.3, -0.25) is 4.98 Å². The standard InChI is InChI=1S/C9H8N3/c1-12-7-6-11-9(12)8-4-2-3-5-10-8/h2-3,5-7H,1H3. The largest absolute Gasteiger partial charge is 0.333 e. The third-order valence-electron chi connectivity index (χ3n) is 1.64. The van der Waals surface area contributed by atoms with E-state index in [4.69, 9.17) is 0 Å². The van der Waals surface area contributed by atoms with Crippen LogP contribution >= 0.6 is 0 Å². The van der Waals surface area contributed by atoms with Gasteiger partial charge in [0.25, 0.3) is 0 Å². The summed E-state index contributed by atoms with van der Waals surface area (Å²) in [4.78, 5) is 8.30. The third-order valence-corrected chi connectivity index (χ3v) is 1.64. The van der Waals surface area contributed by atoms with Crippen LogP contribution in [0, 0.1) is 6.07 Å². The van der Waals surface area contributed by atoms with Gasteiger partial charge in [-0.25, -0.2) is 4.98 Å². The number of pyridine rings is 1. The maximum Gasteiger partial charge on any atom is 0.159 e. The molecule has 0 amide bonds. The zero-order valence-corrected chi connectivity index (χ0v) is 6.73. The van der Waals surface area contributed by atoms with Crippen molar-refractivity contribution in [2.75, 3.05) is 0 Å². The first-order valence-corrected chi connectivity index (χ1v) is 3.68. The van der Waals surface area contributed by atoms with Crippen LogP contribution < -0.4 is 0 Å². The van der Waals surface area contributed by atoms with E-state index >= 15 is 0 Å². The summed E-state index contributed by atoms with van der Waals surface area (Å²) in [7, 11) is 1.94. The first kappa shape index (κ1) is 7.03. The van der Waals surface area contributed by atoms with Crippen molar-refractivity contribution in [3.8, 4) is 11.5 Å². The van der Waals surface area contributed by atoms with Crippen molar-refractivity contribution in [3.63, 3.8) is 0 Å². The topological polar surface area (TPSA) is 30.7 Å². The molecule has 0 saturated carbocycles. The van der Waals surface area contributed by atoms with Crippen LogP contribution in [0.2, 0.25) is 0 Å². The Kier molecular flexibility index (Phi) is 1.63. The quantitative estimate of drug-likeness (QED) is 0.626. The monoisotopic (exact) mass is 158 g/mol. The summed E-state index contributed by atoms with van der Waals surface area (Å²) in [6.45, 7) is 0. The van der Waals surface area contributed by atoms with Crippen molar-refractivity contribution in [3.05, 3.63) is 36.8 Å². The minimum absolute atomic E-state index is 0.782. The number of hydrogen-bond donors (Lipinski definition) is 0. The van der Waals surface area contributed by atoms with Crippen molar-refractivity contribution in [2.45, 2.75) is 0 Å². The summed E-state index contributed by atoms with van der Waals surface area (Å²) in [6, 6.07) is 6.69. The van der Waals surface area contributed by atoms with E-state index in [0.717, 1.165) is 11.5 Å². The number of aryl methyl sites for hydroxylation is 1. The second-order valence-electron chi connectivity index (χ2n) is 2.49. The van der Waals surface area contributed by atoms with Crippen molar-refractivity contribution < 1.29 is 0 Å². The molecule has 0 atom stereocenters. The van der Waals surface area contributed by atoms with Crippen LogP contribution in [0.3, 0.4) is 0 Å².